The molecule has 0 radical (unpaired) electrons. The fourth-order valence-electron chi connectivity index (χ4n) is 4.40. The molecule has 2 aliphatic heterocycles. The van der Waals surface area contributed by atoms with Crippen molar-refractivity contribution in [1.29, 1.82) is 0 Å². The third kappa shape index (κ3) is 4.47. The van der Waals surface area contributed by atoms with Gasteiger partial charge in [-0.15, -0.1) is 5.10 Å². The SMILES string of the molecule is O=C([C@@H]1CC(=O)N(c2ccc(F)cc2)C1)N1CCN(Cc2nnnn2-c2ccccc2)CC1. The maximum atomic E-state index is 13.2. The molecule has 0 saturated carbocycles. The number of para-hydroxylation sites is 1. The Kier molecular flexibility index (Phi) is 5.82. The fraction of sp³-hybridized carbons (Fsp3) is 0.348. The molecule has 3 aromatic rings. The Balaban J connectivity index is 1.17. The van der Waals surface area contributed by atoms with E-state index in [-0.39, 0.29) is 30.0 Å². The summed E-state index contributed by atoms with van der Waals surface area (Å²) < 4.78 is 14.9. The molecule has 0 unspecified atom stereocenters. The van der Waals surface area contributed by atoms with Crippen LogP contribution in [0.1, 0.15) is 12.2 Å². The number of carbonyl (C=O) groups is 2. The number of carbonyl (C=O) groups excluding carboxylic acids is 2. The van der Waals surface area contributed by atoms with Crippen molar-refractivity contribution < 1.29 is 14.0 Å². The molecule has 33 heavy (non-hydrogen) atoms. The van der Waals surface area contributed by atoms with Gasteiger partial charge in [0, 0.05) is 44.8 Å². The van der Waals surface area contributed by atoms with Crippen LogP contribution in [0.2, 0.25) is 0 Å². The normalized spacial score (nSPS) is 19.3. The summed E-state index contributed by atoms with van der Waals surface area (Å²) in [5.41, 5.74) is 1.53. The molecule has 1 atom stereocenters. The highest BCUT2D eigenvalue weighted by atomic mass is 19.1. The van der Waals surface area contributed by atoms with Crippen LogP contribution in [-0.2, 0) is 16.1 Å². The van der Waals surface area contributed by atoms with Gasteiger partial charge in [-0.05, 0) is 46.8 Å². The topological polar surface area (TPSA) is 87.5 Å². The predicted octanol–water partition coefficient (Wildman–Crippen LogP) is 1.50. The minimum atomic E-state index is -0.375. The number of hydrogen-bond acceptors (Lipinski definition) is 6. The molecule has 2 fully saturated rings. The Morgan fingerprint density at radius 1 is 0.970 bits per heavy atom. The lowest BCUT2D eigenvalue weighted by Gasteiger charge is -2.35. The van der Waals surface area contributed by atoms with E-state index in [0.29, 0.717) is 45.0 Å². The molecule has 2 amide bonds. The van der Waals surface area contributed by atoms with E-state index in [0.717, 1.165) is 11.5 Å². The zero-order valence-corrected chi connectivity index (χ0v) is 18.0. The Morgan fingerprint density at radius 3 is 2.42 bits per heavy atom. The molecule has 0 N–H and O–H groups in total. The molecule has 170 valence electrons. The van der Waals surface area contributed by atoms with Gasteiger partial charge in [-0.1, -0.05) is 18.2 Å². The highest BCUT2D eigenvalue weighted by molar-refractivity contribution is 6.00. The van der Waals surface area contributed by atoms with Crippen LogP contribution in [0.3, 0.4) is 0 Å². The standard InChI is InChI=1S/C23H24FN7O2/c24-18-6-8-19(9-7-18)30-15-17(14-22(30)32)23(33)29-12-10-28(11-13-29)16-21-25-26-27-31(21)20-4-2-1-3-5-20/h1-9,17H,10-16H2/t17-/m1/s1. The first-order chi connectivity index (χ1) is 16.1. The molecule has 0 bridgehead atoms. The number of nitrogens with zero attached hydrogens (tertiary/aromatic N) is 7. The highest BCUT2D eigenvalue weighted by Crippen LogP contribution is 2.27. The summed E-state index contributed by atoms with van der Waals surface area (Å²) in [6, 6.07) is 15.5. The molecule has 0 aliphatic carbocycles. The number of benzene rings is 2. The number of aromatic nitrogens is 4. The quantitative estimate of drug-likeness (QED) is 0.587. The van der Waals surface area contributed by atoms with Gasteiger partial charge < -0.3 is 9.80 Å². The lowest BCUT2D eigenvalue weighted by atomic mass is 10.1. The maximum absolute atomic E-state index is 13.2. The first-order valence-corrected chi connectivity index (χ1v) is 11.0. The fourth-order valence-corrected chi connectivity index (χ4v) is 4.40. The van der Waals surface area contributed by atoms with Gasteiger partial charge in [0.2, 0.25) is 11.8 Å². The Labute approximate surface area is 190 Å². The Bertz CT molecular complexity index is 1130. The molecule has 2 aromatic carbocycles. The monoisotopic (exact) mass is 449 g/mol. The van der Waals surface area contributed by atoms with E-state index < -0.39 is 0 Å². The van der Waals surface area contributed by atoms with Crippen molar-refractivity contribution in [3.63, 3.8) is 0 Å². The lowest BCUT2D eigenvalue weighted by Crippen LogP contribution is -2.50. The van der Waals surface area contributed by atoms with Crippen LogP contribution >= 0.6 is 0 Å². The summed E-state index contributed by atoms with van der Waals surface area (Å²) in [6.07, 6.45) is 0.183. The van der Waals surface area contributed by atoms with Crippen LogP contribution in [0, 0.1) is 11.7 Å². The smallest absolute Gasteiger partial charge is 0.228 e. The van der Waals surface area contributed by atoms with Crippen molar-refractivity contribution in [2.45, 2.75) is 13.0 Å². The second-order valence-electron chi connectivity index (χ2n) is 8.33. The van der Waals surface area contributed by atoms with E-state index in [1.165, 1.54) is 12.1 Å². The van der Waals surface area contributed by atoms with Crippen molar-refractivity contribution in [2.75, 3.05) is 37.6 Å². The number of halogens is 1. The molecule has 2 aliphatic rings. The van der Waals surface area contributed by atoms with Gasteiger partial charge in [-0.3, -0.25) is 14.5 Å². The second kappa shape index (κ2) is 9.07. The number of tetrazole rings is 1. The lowest BCUT2D eigenvalue weighted by molar-refractivity contribution is -0.137. The van der Waals surface area contributed by atoms with Crippen LogP contribution < -0.4 is 4.90 Å². The zero-order valence-electron chi connectivity index (χ0n) is 18.0. The zero-order chi connectivity index (χ0) is 22.8. The maximum Gasteiger partial charge on any atom is 0.228 e. The Morgan fingerprint density at radius 2 is 1.70 bits per heavy atom. The van der Waals surface area contributed by atoms with Crippen molar-refractivity contribution in [3.8, 4) is 5.69 Å². The van der Waals surface area contributed by atoms with E-state index in [1.807, 2.05) is 35.2 Å². The number of piperazine rings is 1. The molecule has 2 saturated heterocycles. The summed E-state index contributed by atoms with van der Waals surface area (Å²) in [6.45, 7) is 3.50. The van der Waals surface area contributed by atoms with Crippen LogP contribution in [0.15, 0.2) is 54.6 Å². The van der Waals surface area contributed by atoms with Gasteiger partial charge in [0.25, 0.3) is 0 Å². The third-order valence-corrected chi connectivity index (χ3v) is 6.20. The van der Waals surface area contributed by atoms with Crippen LogP contribution in [0.4, 0.5) is 10.1 Å². The third-order valence-electron chi connectivity index (χ3n) is 6.20. The summed E-state index contributed by atoms with van der Waals surface area (Å²) in [5, 5.41) is 12.1. The summed E-state index contributed by atoms with van der Waals surface area (Å²) >= 11 is 0. The molecule has 1 aromatic heterocycles. The number of amides is 2. The van der Waals surface area contributed by atoms with Gasteiger partial charge in [0.1, 0.15) is 5.82 Å². The van der Waals surface area contributed by atoms with Crippen molar-refractivity contribution in [1.82, 2.24) is 30.0 Å². The first-order valence-electron chi connectivity index (χ1n) is 11.0. The average molecular weight is 449 g/mol. The molecule has 5 rings (SSSR count). The van der Waals surface area contributed by atoms with Gasteiger partial charge in [-0.25, -0.2) is 4.39 Å². The predicted molar refractivity (Wildman–Crippen MR) is 118 cm³/mol. The summed E-state index contributed by atoms with van der Waals surface area (Å²) in [5.74, 6) is -0.0847. The van der Waals surface area contributed by atoms with E-state index in [1.54, 1.807) is 21.7 Å². The van der Waals surface area contributed by atoms with E-state index in [2.05, 4.69) is 20.4 Å². The van der Waals surface area contributed by atoms with Gasteiger partial charge in [-0.2, -0.15) is 4.68 Å². The van der Waals surface area contributed by atoms with Gasteiger partial charge in [0.05, 0.1) is 18.2 Å². The van der Waals surface area contributed by atoms with Crippen LogP contribution in [-0.4, -0.2) is 74.5 Å². The number of rotatable bonds is 5. The average Bonchev–Trinajstić information content (AvgIpc) is 3.47. The van der Waals surface area contributed by atoms with Crippen molar-refractivity contribution >= 4 is 17.5 Å². The Hall–Kier alpha value is -3.66. The van der Waals surface area contributed by atoms with Crippen LogP contribution in [0.5, 0.6) is 0 Å². The highest BCUT2D eigenvalue weighted by Gasteiger charge is 2.38. The first kappa shape index (κ1) is 21.2. The van der Waals surface area contributed by atoms with Crippen molar-refractivity contribution in [2.24, 2.45) is 5.92 Å². The summed E-state index contributed by atoms with van der Waals surface area (Å²) in [4.78, 5) is 31.2. The van der Waals surface area contributed by atoms with E-state index in [9.17, 15) is 14.0 Å². The minimum absolute atomic E-state index is 0.00160. The molecule has 9 nitrogen and oxygen atoms in total. The van der Waals surface area contributed by atoms with Crippen LogP contribution in [0.25, 0.3) is 5.69 Å². The molecular formula is C23H24FN7O2. The van der Waals surface area contributed by atoms with Crippen molar-refractivity contribution in [3.05, 3.63) is 66.2 Å². The van der Waals surface area contributed by atoms with Gasteiger partial charge in [0.15, 0.2) is 5.82 Å². The summed E-state index contributed by atoms with van der Waals surface area (Å²) in [7, 11) is 0. The second-order valence-corrected chi connectivity index (χ2v) is 8.33. The minimum Gasteiger partial charge on any atom is -0.340 e. The molecular weight excluding hydrogens is 425 g/mol. The number of hydrogen-bond donors (Lipinski definition) is 0. The molecule has 10 heteroatoms. The number of anilines is 1. The van der Waals surface area contributed by atoms with Gasteiger partial charge >= 0.3 is 0 Å². The molecule has 3 heterocycles. The molecule has 0 spiro atoms. The van der Waals surface area contributed by atoms with E-state index >= 15 is 0 Å². The van der Waals surface area contributed by atoms with E-state index in [4.69, 9.17) is 0 Å². The largest absolute Gasteiger partial charge is 0.340 e.